The van der Waals surface area contributed by atoms with Crippen molar-refractivity contribution in [1.82, 2.24) is 0 Å². The monoisotopic (exact) mass is 198 g/mol. The van der Waals surface area contributed by atoms with Gasteiger partial charge in [-0.25, -0.2) is 0 Å². The summed E-state index contributed by atoms with van der Waals surface area (Å²) in [4.78, 5) is 21.1. The van der Waals surface area contributed by atoms with Crippen LogP contribution < -0.4 is 10.2 Å². The first-order chi connectivity index (χ1) is 6.54. The van der Waals surface area contributed by atoms with Crippen LogP contribution in [0, 0.1) is 5.41 Å². The molecule has 4 nitrogen and oxygen atoms in total. The molecule has 1 rings (SSSR count). The molecule has 0 amide bonds. The Labute approximate surface area is 82.9 Å². The summed E-state index contributed by atoms with van der Waals surface area (Å²) in [7, 11) is 0. The highest BCUT2D eigenvalue weighted by atomic mass is 16.4. The van der Waals surface area contributed by atoms with Crippen LogP contribution in [0.15, 0.2) is 0 Å². The first-order valence-electron chi connectivity index (χ1n) is 4.94. The van der Waals surface area contributed by atoms with E-state index in [1.54, 1.807) is 0 Å². The van der Waals surface area contributed by atoms with E-state index < -0.39 is 17.4 Å². The maximum absolute atomic E-state index is 10.5. The van der Waals surface area contributed by atoms with Gasteiger partial charge in [0.1, 0.15) is 0 Å². The first kappa shape index (κ1) is 11.0. The molecular formula is C10H14O4-2. The Morgan fingerprint density at radius 2 is 1.36 bits per heavy atom. The Bertz CT molecular complexity index is 210. The highest BCUT2D eigenvalue weighted by molar-refractivity contribution is 5.69. The molecule has 14 heavy (non-hydrogen) atoms. The summed E-state index contributed by atoms with van der Waals surface area (Å²) in [6.45, 7) is 0. The van der Waals surface area contributed by atoms with Crippen molar-refractivity contribution >= 4 is 11.9 Å². The summed E-state index contributed by atoms with van der Waals surface area (Å²) >= 11 is 0. The predicted molar refractivity (Wildman–Crippen MR) is 44.8 cm³/mol. The van der Waals surface area contributed by atoms with E-state index in [0.717, 1.165) is 19.3 Å². The van der Waals surface area contributed by atoms with Crippen LogP contribution in [0.25, 0.3) is 0 Å². The van der Waals surface area contributed by atoms with Crippen LogP contribution in [0.1, 0.15) is 44.9 Å². The second-order valence-electron chi connectivity index (χ2n) is 4.16. The Morgan fingerprint density at radius 1 is 0.929 bits per heavy atom. The van der Waals surface area contributed by atoms with Crippen molar-refractivity contribution in [3.63, 3.8) is 0 Å². The van der Waals surface area contributed by atoms with Crippen LogP contribution in [0.5, 0.6) is 0 Å². The van der Waals surface area contributed by atoms with Crippen molar-refractivity contribution in [2.45, 2.75) is 44.9 Å². The van der Waals surface area contributed by atoms with Gasteiger partial charge in [0.05, 0.1) is 0 Å². The molecular weight excluding hydrogens is 184 g/mol. The molecule has 0 bridgehead atoms. The molecule has 1 aliphatic rings. The van der Waals surface area contributed by atoms with Crippen molar-refractivity contribution in [2.75, 3.05) is 0 Å². The Balaban J connectivity index is 2.66. The summed E-state index contributed by atoms with van der Waals surface area (Å²) in [6.07, 6.45) is 3.88. The Kier molecular flexibility index (Phi) is 3.49. The largest absolute Gasteiger partial charge is 0.550 e. The summed E-state index contributed by atoms with van der Waals surface area (Å²) in [5, 5.41) is 21.1. The minimum absolute atomic E-state index is 0.152. The minimum atomic E-state index is -1.16. The molecule has 0 spiro atoms. The average Bonchev–Trinajstić information content (AvgIpc) is 2.01. The van der Waals surface area contributed by atoms with Crippen LogP contribution in [-0.2, 0) is 9.59 Å². The van der Waals surface area contributed by atoms with Crippen LogP contribution >= 0.6 is 0 Å². The third-order valence-corrected chi connectivity index (χ3v) is 2.95. The fourth-order valence-electron chi connectivity index (χ4n) is 2.33. The van der Waals surface area contributed by atoms with Gasteiger partial charge in [-0.05, 0) is 31.1 Å². The zero-order valence-electron chi connectivity index (χ0n) is 8.08. The summed E-state index contributed by atoms with van der Waals surface area (Å²) in [5.74, 6) is -2.32. The van der Waals surface area contributed by atoms with E-state index in [1.165, 1.54) is 0 Å². The van der Waals surface area contributed by atoms with E-state index in [1.807, 2.05) is 0 Å². The predicted octanol–water partition coefficient (Wildman–Crippen LogP) is -0.783. The van der Waals surface area contributed by atoms with Crippen molar-refractivity contribution in [2.24, 2.45) is 5.41 Å². The Morgan fingerprint density at radius 3 is 1.71 bits per heavy atom. The van der Waals surface area contributed by atoms with Crippen molar-refractivity contribution in [3.8, 4) is 0 Å². The maximum atomic E-state index is 10.5. The molecule has 1 fully saturated rings. The van der Waals surface area contributed by atoms with Gasteiger partial charge in [0.2, 0.25) is 0 Å². The molecule has 1 aliphatic carbocycles. The van der Waals surface area contributed by atoms with Gasteiger partial charge in [-0.15, -0.1) is 0 Å². The molecule has 0 radical (unpaired) electrons. The number of carboxylic acids is 2. The van der Waals surface area contributed by atoms with E-state index in [0.29, 0.717) is 12.8 Å². The third kappa shape index (κ3) is 3.01. The molecule has 1 saturated carbocycles. The zero-order chi connectivity index (χ0) is 10.6. The van der Waals surface area contributed by atoms with Crippen LogP contribution in [0.2, 0.25) is 0 Å². The van der Waals surface area contributed by atoms with E-state index in [2.05, 4.69) is 0 Å². The third-order valence-electron chi connectivity index (χ3n) is 2.95. The fraction of sp³-hybridized carbons (Fsp3) is 0.800. The molecule has 0 aliphatic heterocycles. The van der Waals surface area contributed by atoms with Crippen molar-refractivity contribution < 1.29 is 19.8 Å². The van der Waals surface area contributed by atoms with Gasteiger partial charge in [0, 0.05) is 11.9 Å². The SMILES string of the molecule is O=C([O-])CC1(CC(=O)[O-])CCCCC1. The highest BCUT2D eigenvalue weighted by Gasteiger charge is 2.32. The minimum Gasteiger partial charge on any atom is -0.550 e. The summed E-state index contributed by atoms with van der Waals surface area (Å²) < 4.78 is 0. The topological polar surface area (TPSA) is 80.3 Å². The van der Waals surface area contributed by atoms with Gasteiger partial charge in [0.25, 0.3) is 0 Å². The van der Waals surface area contributed by atoms with Crippen molar-refractivity contribution in [3.05, 3.63) is 0 Å². The van der Waals surface area contributed by atoms with E-state index >= 15 is 0 Å². The standard InChI is InChI=1S/C10H16O4/c11-8(12)6-10(7-9(13)14)4-2-1-3-5-10/h1-7H2,(H,11,12)(H,13,14)/p-2. The van der Waals surface area contributed by atoms with Crippen LogP contribution in [-0.4, -0.2) is 11.9 Å². The fourth-order valence-corrected chi connectivity index (χ4v) is 2.33. The van der Waals surface area contributed by atoms with E-state index in [-0.39, 0.29) is 12.8 Å². The Hall–Kier alpha value is -1.06. The molecule has 0 aromatic rings. The smallest absolute Gasteiger partial charge is 0.0419 e. The summed E-state index contributed by atoms with van der Waals surface area (Å²) in [6, 6.07) is 0. The normalized spacial score (nSPS) is 20.3. The van der Waals surface area contributed by atoms with Crippen LogP contribution in [0.3, 0.4) is 0 Å². The molecule has 80 valence electrons. The van der Waals surface area contributed by atoms with Gasteiger partial charge >= 0.3 is 0 Å². The number of carbonyl (C=O) groups excluding carboxylic acids is 2. The quantitative estimate of drug-likeness (QED) is 0.593. The lowest BCUT2D eigenvalue weighted by Crippen LogP contribution is -2.38. The molecule has 0 heterocycles. The van der Waals surface area contributed by atoms with Gasteiger partial charge in [-0.2, -0.15) is 0 Å². The average molecular weight is 198 g/mol. The molecule has 0 aromatic heterocycles. The number of carbonyl (C=O) groups is 2. The number of carboxylic acid groups (broad SMARTS) is 2. The van der Waals surface area contributed by atoms with Gasteiger partial charge in [-0.3, -0.25) is 0 Å². The van der Waals surface area contributed by atoms with E-state index in [4.69, 9.17) is 0 Å². The van der Waals surface area contributed by atoms with E-state index in [9.17, 15) is 19.8 Å². The molecule has 0 unspecified atom stereocenters. The lowest BCUT2D eigenvalue weighted by molar-refractivity contribution is -0.313. The number of aliphatic carboxylic acids is 2. The lowest BCUT2D eigenvalue weighted by atomic mass is 9.70. The molecule has 0 N–H and O–H groups in total. The van der Waals surface area contributed by atoms with Crippen LogP contribution in [0.4, 0.5) is 0 Å². The second kappa shape index (κ2) is 4.44. The van der Waals surface area contributed by atoms with Gasteiger partial charge in [0.15, 0.2) is 0 Å². The number of hydrogen-bond acceptors (Lipinski definition) is 4. The number of rotatable bonds is 4. The molecule has 0 aromatic carbocycles. The maximum Gasteiger partial charge on any atom is 0.0419 e. The molecule has 4 heteroatoms. The first-order valence-corrected chi connectivity index (χ1v) is 4.94. The highest BCUT2D eigenvalue weighted by Crippen LogP contribution is 2.41. The number of hydrogen-bond donors (Lipinski definition) is 0. The zero-order valence-corrected chi connectivity index (χ0v) is 8.08. The summed E-state index contributed by atoms with van der Waals surface area (Å²) in [5.41, 5.74) is -0.601. The molecule has 0 saturated heterocycles. The van der Waals surface area contributed by atoms with Gasteiger partial charge in [-0.1, -0.05) is 19.3 Å². The van der Waals surface area contributed by atoms with Gasteiger partial charge < -0.3 is 19.8 Å². The lowest BCUT2D eigenvalue weighted by Gasteiger charge is -2.38. The molecule has 0 atom stereocenters. The second-order valence-corrected chi connectivity index (χ2v) is 4.16. The van der Waals surface area contributed by atoms with Crippen molar-refractivity contribution in [1.29, 1.82) is 0 Å².